The molecule has 5 heteroatoms. The van der Waals surface area contributed by atoms with Crippen molar-refractivity contribution in [2.75, 3.05) is 0 Å². The monoisotopic (exact) mass is 286 g/mol. The van der Waals surface area contributed by atoms with Crippen LogP contribution in [0.25, 0.3) is 19.2 Å². The van der Waals surface area contributed by atoms with Gasteiger partial charge < -0.3 is 0 Å². The van der Waals surface area contributed by atoms with E-state index in [1.165, 1.54) is 9.75 Å². The molecule has 0 amide bonds. The molecule has 3 rings (SSSR count). The summed E-state index contributed by atoms with van der Waals surface area (Å²) in [5.41, 5.74) is 0. The first kappa shape index (κ1) is 11.4. The van der Waals surface area contributed by atoms with Crippen molar-refractivity contribution >= 4 is 43.4 Å². The topological polar surface area (TPSA) is 47.6 Å². The third kappa shape index (κ3) is 1.83. The van der Waals surface area contributed by atoms with Crippen LogP contribution in [0.1, 0.15) is 10.8 Å². The van der Waals surface area contributed by atoms with E-state index in [2.05, 4.69) is 17.5 Å². The summed E-state index contributed by atoms with van der Waals surface area (Å²) in [6.07, 6.45) is 0. The van der Waals surface area contributed by atoms with Crippen LogP contribution in [0, 0.1) is 22.7 Å². The number of nitrogens with zero attached hydrogens (tertiary/aromatic N) is 2. The van der Waals surface area contributed by atoms with Crippen molar-refractivity contribution in [2.24, 2.45) is 0 Å². The summed E-state index contributed by atoms with van der Waals surface area (Å²) in [5, 5.41) is 19.8. The van der Waals surface area contributed by atoms with Crippen LogP contribution in [0.3, 0.4) is 0 Å². The molecule has 0 saturated carbocycles. The number of fused-ring (bicyclic) bond motifs is 1. The minimum Gasteiger partial charge on any atom is -0.196 e. The molecule has 0 N–H and O–H groups in total. The van der Waals surface area contributed by atoms with Gasteiger partial charge in [0.05, 0.1) is 12.1 Å². The van der Waals surface area contributed by atoms with Gasteiger partial charge in [0.25, 0.3) is 0 Å². The second kappa shape index (κ2) is 4.55. The maximum Gasteiger partial charge on any atom is 0.167 e. The molecule has 0 unspecified atom stereocenters. The van der Waals surface area contributed by atoms with Crippen molar-refractivity contribution < 1.29 is 0 Å². The van der Waals surface area contributed by atoms with Crippen molar-refractivity contribution in [3.63, 3.8) is 0 Å². The van der Waals surface area contributed by atoms with Crippen molar-refractivity contribution in [2.45, 2.75) is 5.92 Å². The van der Waals surface area contributed by atoms with Gasteiger partial charge in [-0.1, -0.05) is 6.07 Å². The predicted octanol–water partition coefficient (Wildman–Crippen LogP) is 4.82. The number of thiophene rings is 3. The van der Waals surface area contributed by atoms with Crippen LogP contribution in [0.4, 0.5) is 0 Å². The zero-order chi connectivity index (χ0) is 12.5. The highest BCUT2D eigenvalue weighted by Crippen LogP contribution is 2.41. The SMILES string of the molecule is N#CC(C#N)c1cc2sc(-c3cccs3)cc2s1. The lowest BCUT2D eigenvalue weighted by Crippen LogP contribution is -1.85. The van der Waals surface area contributed by atoms with Gasteiger partial charge in [0.15, 0.2) is 5.92 Å². The summed E-state index contributed by atoms with van der Waals surface area (Å²) in [4.78, 5) is 3.37. The zero-order valence-electron chi connectivity index (χ0n) is 9.08. The molecule has 0 aliphatic rings. The highest BCUT2D eigenvalue weighted by molar-refractivity contribution is 7.31. The van der Waals surface area contributed by atoms with E-state index in [0.717, 1.165) is 14.3 Å². The molecule has 0 radical (unpaired) electrons. The number of hydrogen-bond acceptors (Lipinski definition) is 5. The first-order valence-electron chi connectivity index (χ1n) is 5.18. The van der Waals surface area contributed by atoms with Crippen LogP contribution < -0.4 is 0 Å². The molecule has 3 aromatic rings. The largest absolute Gasteiger partial charge is 0.196 e. The minimum absolute atomic E-state index is 0.639. The van der Waals surface area contributed by atoms with Gasteiger partial charge >= 0.3 is 0 Å². The highest BCUT2D eigenvalue weighted by atomic mass is 32.1. The molecule has 86 valence electrons. The van der Waals surface area contributed by atoms with Gasteiger partial charge in [-0.15, -0.1) is 34.0 Å². The van der Waals surface area contributed by atoms with E-state index in [1.54, 1.807) is 34.0 Å². The summed E-state index contributed by atoms with van der Waals surface area (Å²) in [7, 11) is 0. The fourth-order valence-corrected chi connectivity index (χ4v) is 4.92. The molecule has 0 fully saturated rings. The van der Waals surface area contributed by atoms with Crippen LogP contribution >= 0.6 is 34.0 Å². The second-order valence-corrected chi connectivity index (χ2v) is 6.80. The molecule has 0 atom stereocenters. The summed E-state index contributed by atoms with van der Waals surface area (Å²) >= 11 is 4.98. The lowest BCUT2D eigenvalue weighted by Gasteiger charge is -1.92. The molecule has 0 bridgehead atoms. The Balaban J connectivity index is 2.05. The lowest BCUT2D eigenvalue weighted by atomic mass is 10.1. The summed E-state index contributed by atoms with van der Waals surface area (Å²) in [5.74, 6) is -0.639. The number of nitriles is 2. The summed E-state index contributed by atoms with van der Waals surface area (Å²) in [6, 6.07) is 12.3. The molecule has 0 aromatic carbocycles. The van der Waals surface area contributed by atoms with Gasteiger partial charge in [-0.25, -0.2) is 0 Å². The van der Waals surface area contributed by atoms with Crippen LogP contribution in [-0.2, 0) is 0 Å². The predicted molar refractivity (Wildman–Crippen MR) is 77.0 cm³/mol. The van der Waals surface area contributed by atoms with Gasteiger partial charge in [0.2, 0.25) is 0 Å². The maximum atomic E-state index is 8.89. The van der Waals surface area contributed by atoms with Crippen molar-refractivity contribution in [1.29, 1.82) is 10.5 Å². The molecule has 2 nitrogen and oxygen atoms in total. The second-order valence-electron chi connectivity index (χ2n) is 3.66. The average Bonchev–Trinajstić information content (AvgIpc) is 3.04. The Kier molecular flexibility index (Phi) is 2.89. The average molecular weight is 286 g/mol. The first-order valence-corrected chi connectivity index (χ1v) is 7.69. The minimum atomic E-state index is -0.639. The van der Waals surface area contributed by atoms with E-state index in [0.29, 0.717) is 0 Å². The molecular weight excluding hydrogens is 280 g/mol. The van der Waals surface area contributed by atoms with E-state index in [4.69, 9.17) is 10.5 Å². The van der Waals surface area contributed by atoms with Crippen LogP contribution in [0.2, 0.25) is 0 Å². The van der Waals surface area contributed by atoms with Gasteiger partial charge in [-0.2, -0.15) is 10.5 Å². The molecule has 0 aliphatic carbocycles. The van der Waals surface area contributed by atoms with E-state index in [-0.39, 0.29) is 0 Å². The Morgan fingerprint density at radius 3 is 2.39 bits per heavy atom. The molecule has 3 heterocycles. The smallest absolute Gasteiger partial charge is 0.167 e. The highest BCUT2D eigenvalue weighted by Gasteiger charge is 2.15. The van der Waals surface area contributed by atoms with Gasteiger partial charge in [-0.3, -0.25) is 0 Å². The van der Waals surface area contributed by atoms with Crippen LogP contribution in [-0.4, -0.2) is 0 Å². The molecule has 18 heavy (non-hydrogen) atoms. The van der Waals surface area contributed by atoms with E-state index < -0.39 is 5.92 Å². The Labute approximate surface area is 116 Å². The Morgan fingerprint density at radius 2 is 1.78 bits per heavy atom. The Hall–Kier alpha value is -1.66. The quantitative estimate of drug-likeness (QED) is 0.678. The van der Waals surface area contributed by atoms with E-state index >= 15 is 0 Å². The van der Waals surface area contributed by atoms with E-state index in [1.807, 2.05) is 24.3 Å². The maximum absolute atomic E-state index is 8.89. The third-order valence-corrected chi connectivity index (χ3v) is 5.96. The molecule has 3 aromatic heterocycles. The van der Waals surface area contributed by atoms with Gasteiger partial charge in [0, 0.05) is 24.0 Å². The fraction of sp³-hybridized carbons (Fsp3) is 0.0769. The van der Waals surface area contributed by atoms with Gasteiger partial charge in [0.1, 0.15) is 0 Å². The normalized spacial score (nSPS) is 10.6. The molecular formula is C13H6N2S3. The van der Waals surface area contributed by atoms with Crippen molar-refractivity contribution in [3.05, 3.63) is 34.5 Å². The Bertz CT molecular complexity index is 720. The van der Waals surface area contributed by atoms with Crippen LogP contribution in [0.5, 0.6) is 0 Å². The molecule has 0 saturated heterocycles. The summed E-state index contributed by atoms with van der Waals surface area (Å²) in [6.45, 7) is 0. The third-order valence-electron chi connectivity index (χ3n) is 2.53. The van der Waals surface area contributed by atoms with Crippen molar-refractivity contribution in [1.82, 2.24) is 0 Å². The van der Waals surface area contributed by atoms with Crippen molar-refractivity contribution in [3.8, 4) is 21.9 Å². The summed E-state index contributed by atoms with van der Waals surface area (Å²) < 4.78 is 2.32. The van der Waals surface area contributed by atoms with E-state index in [9.17, 15) is 0 Å². The van der Waals surface area contributed by atoms with Crippen LogP contribution in [0.15, 0.2) is 29.6 Å². The fourth-order valence-electron chi connectivity index (χ4n) is 1.69. The standard InChI is InChI=1S/C13H6N2S3/c14-6-8(7-15)10-4-12-13(17-10)5-11(18-12)9-2-1-3-16-9/h1-5,8H. The lowest BCUT2D eigenvalue weighted by molar-refractivity contribution is 1.14. The first-order chi connectivity index (χ1) is 8.81. The van der Waals surface area contributed by atoms with Gasteiger partial charge in [-0.05, 0) is 23.6 Å². The zero-order valence-corrected chi connectivity index (χ0v) is 11.5. The Morgan fingerprint density at radius 1 is 1.00 bits per heavy atom. The number of rotatable bonds is 2. The number of hydrogen-bond donors (Lipinski definition) is 0. The molecule has 0 spiro atoms. The molecule has 0 aliphatic heterocycles.